The van der Waals surface area contributed by atoms with Crippen LogP contribution in [0, 0.1) is 18.8 Å². The zero-order chi connectivity index (χ0) is 18.4. The molecule has 0 bridgehead atoms. The van der Waals surface area contributed by atoms with Gasteiger partial charge >= 0.3 is 0 Å². The molecule has 3 aliphatic rings. The van der Waals surface area contributed by atoms with Crippen LogP contribution in [0.5, 0.6) is 0 Å². The number of rotatable bonds is 2. The smallest absolute Gasteiger partial charge is 0.259 e. The van der Waals surface area contributed by atoms with Crippen LogP contribution in [0.1, 0.15) is 59.4 Å². The number of likely N-dealkylation sites (tertiary alicyclic amines) is 1. The molecule has 1 amide bonds. The maximum atomic E-state index is 13.5. The molecule has 0 spiro atoms. The van der Waals surface area contributed by atoms with Crippen molar-refractivity contribution in [3.05, 3.63) is 22.5 Å². The van der Waals surface area contributed by atoms with Crippen molar-refractivity contribution in [1.29, 1.82) is 0 Å². The fourth-order valence-electron chi connectivity index (χ4n) is 5.40. The van der Waals surface area contributed by atoms with E-state index in [2.05, 4.69) is 20.4 Å². The summed E-state index contributed by atoms with van der Waals surface area (Å²) in [6, 6.07) is 0. The van der Waals surface area contributed by atoms with Gasteiger partial charge in [-0.05, 0) is 82.4 Å². The number of piperidine rings is 2. The van der Waals surface area contributed by atoms with Crippen LogP contribution in [0.2, 0.25) is 0 Å². The lowest BCUT2D eigenvalue weighted by Crippen LogP contribution is -2.42. The van der Waals surface area contributed by atoms with Crippen LogP contribution in [-0.4, -0.2) is 47.1 Å². The fourth-order valence-corrected chi connectivity index (χ4v) is 5.40. The van der Waals surface area contributed by atoms with E-state index in [1.165, 1.54) is 12.8 Å². The molecule has 1 N–H and O–H groups in total. The molecule has 5 rings (SSSR count). The lowest BCUT2D eigenvalue weighted by molar-refractivity contribution is 0.0643. The van der Waals surface area contributed by atoms with Crippen LogP contribution in [0.4, 0.5) is 0 Å². The van der Waals surface area contributed by atoms with E-state index in [0.717, 1.165) is 98.0 Å². The third kappa shape index (κ3) is 3.30. The Morgan fingerprint density at radius 2 is 1.82 bits per heavy atom. The van der Waals surface area contributed by atoms with Gasteiger partial charge in [0, 0.05) is 18.8 Å². The lowest BCUT2D eigenvalue weighted by atomic mass is 9.79. The number of carbonyl (C=O) groups is 1. The van der Waals surface area contributed by atoms with Crippen LogP contribution in [0.25, 0.3) is 11.1 Å². The molecule has 4 heterocycles. The number of nitrogens with zero attached hydrogens (tertiary/aromatic N) is 3. The van der Waals surface area contributed by atoms with Crippen molar-refractivity contribution in [2.45, 2.75) is 51.9 Å². The fraction of sp³-hybridized carbons (Fsp3) is 0.667. The van der Waals surface area contributed by atoms with Gasteiger partial charge < -0.3 is 14.7 Å². The molecule has 152 valence electrons. The van der Waals surface area contributed by atoms with Gasteiger partial charge in [0.25, 0.3) is 11.6 Å². The van der Waals surface area contributed by atoms with Gasteiger partial charge in [0.15, 0.2) is 0 Å². The molecule has 1 aliphatic carbocycles. The Labute approximate surface area is 171 Å². The first kappa shape index (κ1) is 19.6. The number of hydrogen-bond donors (Lipinski definition) is 1. The molecule has 0 unspecified atom stereocenters. The maximum absolute atomic E-state index is 13.5. The first-order chi connectivity index (χ1) is 13.2. The third-order valence-corrected chi connectivity index (χ3v) is 6.91. The molecule has 2 aromatic rings. The maximum Gasteiger partial charge on any atom is 0.259 e. The quantitative estimate of drug-likeness (QED) is 0.831. The molecule has 28 heavy (non-hydrogen) atoms. The summed E-state index contributed by atoms with van der Waals surface area (Å²) >= 11 is 0. The summed E-state index contributed by atoms with van der Waals surface area (Å²) in [6.07, 6.45) is 7.79. The van der Waals surface area contributed by atoms with Crippen LogP contribution in [0.3, 0.4) is 0 Å². The largest absolute Gasteiger partial charge is 0.339 e. The van der Waals surface area contributed by atoms with Crippen molar-refractivity contribution < 1.29 is 9.32 Å². The number of carbonyl (C=O) groups excluding carboxylic acids is 1. The second-order valence-electron chi connectivity index (χ2n) is 8.43. The number of halogens is 1. The Bertz CT molecular complexity index is 867. The van der Waals surface area contributed by atoms with Crippen LogP contribution in [-0.2, 0) is 12.8 Å². The van der Waals surface area contributed by atoms with E-state index < -0.39 is 0 Å². The Kier molecular flexibility index (Phi) is 5.61. The number of aryl methyl sites for hydroxylation is 2. The molecular weight excluding hydrogens is 376 g/mol. The Morgan fingerprint density at radius 3 is 2.57 bits per heavy atom. The predicted molar refractivity (Wildman–Crippen MR) is 110 cm³/mol. The molecule has 0 saturated carbocycles. The lowest BCUT2D eigenvalue weighted by Gasteiger charge is -2.38. The van der Waals surface area contributed by atoms with E-state index in [4.69, 9.17) is 4.52 Å². The third-order valence-electron chi connectivity index (χ3n) is 6.91. The average Bonchev–Trinajstić information content (AvgIpc) is 3.33. The van der Waals surface area contributed by atoms with E-state index in [9.17, 15) is 4.79 Å². The van der Waals surface area contributed by atoms with Crippen molar-refractivity contribution in [3.63, 3.8) is 0 Å². The highest BCUT2D eigenvalue weighted by Crippen LogP contribution is 2.35. The number of nitrogens with one attached hydrogen (secondary N) is 1. The molecule has 2 aliphatic heterocycles. The van der Waals surface area contributed by atoms with E-state index in [0.29, 0.717) is 5.71 Å². The van der Waals surface area contributed by atoms with Crippen LogP contribution < -0.4 is 5.32 Å². The number of pyridine rings is 1. The number of amides is 1. The van der Waals surface area contributed by atoms with Crippen molar-refractivity contribution in [3.8, 4) is 0 Å². The summed E-state index contributed by atoms with van der Waals surface area (Å²) < 4.78 is 5.41. The van der Waals surface area contributed by atoms with Crippen LogP contribution in [0.15, 0.2) is 4.52 Å². The van der Waals surface area contributed by atoms with Crippen molar-refractivity contribution >= 4 is 29.4 Å². The first-order valence-corrected chi connectivity index (χ1v) is 10.5. The van der Waals surface area contributed by atoms with Gasteiger partial charge in [0.1, 0.15) is 0 Å². The molecule has 2 aromatic heterocycles. The predicted octanol–water partition coefficient (Wildman–Crippen LogP) is 3.29. The van der Waals surface area contributed by atoms with Gasteiger partial charge in [-0.3, -0.25) is 4.79 Å². The molecule has 0 atom stereocenters. The molecule has 6 nitrogen and oxygen atoms in total. The van der Waals surface area contributed by atoms with Gasteiger partial charge in [0.2, 0.25) is 0 Å². The SMILES string of the molecule is Cc1noc2nc3c(c(C(=O)N4CCC(C5CCNCC5)CC4)c12)CCC3.Cl. The first-order valence-electron chi connectivity index (χ1n) is 10.5. The summed E-state index contributed by atoms with van der Waals surface area (Å²) in [6.45, 7) is 5.96. The van der Waals surface area contributed by atoms with E-state index in [1.54, 1.807) is 0 Å². The molecule has 2 fully saturated rings. The number of fused-ring (bicyclic) bond motifs is 2. The van der Waals surface area contributed by atoms with Crippen LogP contribution >= 0.6 is 12.4 Å². The summed E-state index contributed by atoms with van der Waals surface area (Å²) in [5, 5.41) is 8.38. The van der Waals surface area contributed by atoms with Gasteiger partial charge in [-0.1, -0.05) is 5.16 Å². The highest BCUT2D eigenvalue weighted by atomic mass is 35.5. The summed E-state index contributed by atoms with van der Waals surface area (Å²) in [5.41, 5.74) is 4.30. The second-order valence-corrected chi connectivity index (χ2v) is 8.43. The molecule has 2 saturated heterocycles. The molecular formula is C21H29ClN4O2. The zero-order valence-electron chi connectivity index (χ0n) is 16.5. The molecule has 0 radical (unpaired) electrons. The normalized spacial score (nSPS) is 21.0. The second kappa shape index (κ2) is 7.99. The Balaban J connectivity index is 0.00000192. The van der Waals surface area contributed by atoms with Gasteiger partial charge in [0.05, 0.1) is 16.6 Å². The zero-order valence-corrected chi connectivity index (χ0v) is 17.3. The monoisotopic (exact) mass is 404 g/mol. The van der Waals surface area contributed by atoms with Crippen molar-refractivity contribution in [2.24, 2.45) is 11.8 Å². The van der Waals surface area contributed by atoms with Crippen molar-refractivity contribution in [2.75, 3.05) is 26.2 Å². The van der Waals surface area contributed by atoms with Crippen molar-refractivity contribution in [1.82, 2.24) is 20.4 Å². The highest BCUT2D eigenvalue weighted by molar-refractivity contribution is 6.07. The average molecular weight is 405 g/mol. The summed E-state index contributed by atoms with van der Waals surface area (Å²) in [5.74, 6) is 1.77. The minimum atomic E-state index is 0. The Morgan fingerprint density at radius 1 is 1.11 bits per heavy atom. The number of aromatic nitrogens is 2. The van der Waals surface area contributed by atoms with E-state index in [1.807, 2.05) is 6.92 Å². The highest BCUT2D eigenvalue weighted by Gasteiger charge is 2.33. The molecule has 0 aromatic carbocycles. The Hall–Kier alpha value is -1.66. The van der Waals surface area contributed by atoms with E-state index >= 15 is 0 Å². The number of hydrogen-bond acceptors (Lipinski definition) is 5. The van der Waals surface area contributed by atoms with Gasteiger partial charge in [-0.2, -0.15) is 0 Å². The van der Waals surface area contributed by atoms with E-state index in [-0.39, 0.29) is 18.3 Å². The topological polar surface area (TPSA) is 71.3 Å². The minimum absolute atomic E-state index is 0. The van der Waals surface area contributed by atoms with Gasteiger partial charge in [-0.25, -0.2) is 4.98 Å². The van der Waals surface area contributed by atoms with Gasteiger partial charge in [-0.15, -0.1) is 12.4 Å². The minimum Gasteiger partial charge on any atom is -0.339 e. The summed E-state index contributed by atoms with van der Waals surface area (Å²) in [7, 11) is 0. The summed E-state index contributed by atoms with van der Waals surface area (Å²) in [4.78, 5) is 20.2. The standard InChI is InChI=1S/C21H28N4O2.ClH/c1-13-18-19(16-3-2-4-17(16)23-20(18)27-24-13)21(26)25-11-7-15(8-12-25)14-5-9-22-10-6-14;/h14-15,22H,2-12H2,1H3;1H. The molecule has 7 heteroatoms.